The molecule has 0 saturated heterocycles. The van der Waals surface area contributed by atoms with E-state index in [1.807, 2.05) is 60.7 Å². The molecule has 0 bridgehead atoms. The molecule has 0 spiro atoms. The van der Waals surface area contributed by atoms with Gasteiger partial charge in [0.15, 0.2) is 0 Å². The first-order chi connectivity index (χ1) is 18.2. The van der Waals surface area contributed by atoms with Crippen molar-refractivity contribution in [3.05, 3.63) is 90.0 Å². The van der Waals surface area contributed by atoms with E-state index >= 15 is 0 Å². The van der Waals surface area contributed by atoms with Gasteiger partial charge in [0.1, 0.15) is 0 Å². The smallest absolute Gasteiger partial charge is 0.222 e. The monoisotopic (exact) mass is 714 g/mol. The van der Waals surface area contributed by atoms with Gasteiger partial charge in [0, 0.05) is 70.3 Å². The summed E-state index contributed by atoms with van der Waals surface area (Å²) in [7, 11) is 0. The van der Waals surface area contributed by atoms with E-state index in [2.05, 4.69) is 29.5 Å². The fourth-order valence-corrected chi connectivity index (χ4v) is 3.71. The number of ether oxygens (including phenoxy) is 2. The van der Waals surface area contributed by atoms with Crippen molar-refractivity contribution in [1.82, 2.24) is 20.2 Å². The predicted octanol–water partition coefficient (Wildman–Crippen LogP) is 3.05. The standard InChI is InChI=1S/C26H33N5O5S.Re/c27-35-36-37-25-9-7-22(8-10-25)19-30-26(32)11-15-33-17-18-34-16-14-31(20-23-5-1-3-12-28-23)21-24-6-2-4-13-29-24;/h1-10,12-13H,11,14-21,27H2,(H,30,32);. The molecule has 205 valence electrons. The molecular weight excluding hydrogens is 681 g/mol. The quantitative estimate of drug-likeness (QED) is 0.0882. The van der Waals surface area contributed by atoms with E-state index in [-0.39, 0.29) is 32.8 Å². The topological polar surface area (TPSA) is 121 Å². The number of hydrogen-bond donors (Lipinski definition) is 2. The fourth-order valence-electron chi connectivity index (χ4n) is 3.35. The summed E-state index contributed by atoms with van der Waals surface area (Å²) < 4.78 is 15.9. The molecule has 2 aromatic heterocycles. The molecule has 2 heterocycles. The van der Waals surface area contributed by atoms with Crippen LogP contribution in [0.2, 0.25) is 0 Å². The Balaban J connectivity index is 0.00000507. The minimum absolute atomic E-state index is 0. The summed E-state index contributed by atoms with van der Waals surface area (Å²) >= 11 is 1.01. The Morgan fingerprint density at radius 3 is 2.08 bits per heavy atom. The molecule has 1 aromatic carbocycles. The number of nitrogens with one attached hydrogen (secondary N) is 1. The van der Waals surface area contributed by atoms with Crippen LogP contribution in [-0.2, 0) is 63.6 Å². The number of hydrogen-bond acceptors (Lipinski definition) is 10. The maximum Gasteiger partial charge on any atom is 0.222 e. The van der Waals surface area contributed by atoms with Crippen molar-refractivity contribution in [2.24, 2.45) is 5.90 Å². The van der Waals surface area contributed by atoms with Gasteiger partial charge in [-0.05, 0) is 42.0 Å². The molecule has 0 aliphatic rings. The molecule has 3 rings (SSSR count). The van der Waals surface area contributed by atoms with Crippen molar-refractivity contribution >= 4 is 17.9 Å². The fraction of sp³-hybridized carbons (Fsp3) is 0.346. The molecule has 0 saturated carbocycles. The van der Waals surface area contributed by atoms with Crippen LogP contribution in [0.5, 0.6) is 0 Å². The van der Waals surface area contributed by atoms with Crippen molar-refractivity contribution in [3.63, 3.8) is 0 Å². The molecule has 12 heteroatoms. The maximum atomic E-state index is 12.0. The second-order valence-electron chi connectivity index (χ2n) is 8.00. The summed E-state index contributed by atoms with van der Waals surface area (Å²) in [6.07, 6.45) is 3.89. The van der Waals surface area contributed by atoms with Gasteiger partial charge in [0.05, 0.1) is 49.9 Å². The molecule has 38 heavy (non-hydrogen) atoms. The van der Waals surface area contributed by atoms with Gasteiger partial charge in [-0.25, -0.2) is 0 Å². The minimum atomic E-state index is -0.0704. The van der Waals surface area contributed by atoms with E-state index in [0.717, 1.165) is 40.4 Å². The summed E-state index contributed by atoms with van der Waals surface area (Å²) in [5.41, 5.74) is 2.98. The number of rotatable bonds is 18. The Bertz CT molecular complexity index is 980. The Kier molecular flexibility index (Phi) is 16.6. The molecule has 3 aromatic rings. The van der Waals surface area contributed by atoms with Gasteiger partial charge in [0.25, 0.3) is 0 Å². The van der Waals surface area contributed by atoms with Crippen LogP contribution >= 0.6 is 12.0 Å². The molecule has 0 fully saturated rings. The van der Waals surface area contributed by atoms with E-state index in [1.54, 1.807) is 12.4 Å². The Morgan fingerprint density at radius 1 is 0.868 bits per heavy atom. The molecule has 3 N–H and O–H groups in total. The average molecular weight is 714 g/mol. The predicted molar refractivity (Wildman–Crippen MR) is 139 cm³/mol. The van der Waals surface area contributed by atoms with Crippen molar-refractivity contribution < 1.29 is 44.0 Å². The molecule has 0 aliphatic heterocycles. The Hall–Kier alpha value is -2.24. The summed E-state index contributed by atoms with van der Waals surface area (Å²) in [6.45, 7) is 4.41. The Labute approximate surface area is 241 Å². The van der Waals surface area contributed by atoms with Crippen molar-refractivity contribution in [1.29, 1.82) is 0 Å². The number of amides is 1. The van der Waals surface area contributed by atoms with Crippen molar-refractivity contribution in [3.8, 4) is 0 Å². The van der Waals surface area contributed by atoms with Crippen LogP contribution in [0.15, 0.2) is 78.0 Å². The largest absolute Gasteiger partial charge is 0.379 e. The zero-order chi connectivity index (χ0) is 26.0. The molecule has 10 nitrogen and oxygen atoms in total. The number of aromatic nitrogens is 2. The van der Waals surface area contributed by atoms with E-state index in [0.29, 0.717) is 46.1 Å². The van der Waals surface area contributed by atoms with Gasteiger partial charge >= 0.3 is 0 Å². The van der Waals surface area contributed by atoms with Crippen LogP contribution in [0.3, 0.4) is 0 Å². The first kappa shape index (κ1) is 32.0. The van der Waals surface area contributed by atoms with E-state index < -0.39 is 0 Å². The van der Waals surface area contributed by atoms with E-state index in [4.69, 9.17) is 15.4 Å². The maximum absolute atomic E-state index is 12.0. The van der Waals surface area contributed by atoms with Crippen molar-refractivity contribution in [2.45, 2.75) is 31.0 Å². The number of benzene rings is 1. The molecular formula is C26H33N5O5ReS. The third kappa shape index (κ3) is 13.5. The zero-order valence-corrected chi connectivity index (χ0v) is 24.6. The second kappa shape index (κ2) is 19.8. The van der Waals surface area contributed by atoms with Crippen LogP contribution in [0.25, 0.3) is 0 Å². The first-order valence-electron chi connectivity index (χ1n) is 12.0. The first-order valence-corrected chi connectivity index (χ1v) is 12.7. The number of carbonyl (C=O) groups excluding carboxylic acids is 1. The van der Waals surface area contributed by atoms with Gasteiger partial charge < -0.3 is 14.8 Å². The zero-order valence-electron chi connectivity index (χ0n) is 21.0. The van der Waals surface area contributed by atoms with Crippen LogP contribution < -0.4 is 11.2 Å². The van der Waals surface area contributed by atoms with E-state index in [9.17, 15) is 4.79 Å². The molecule has 1 amide bonds. The van der Waals surface area contributed by atoms with Crippen LogP contribution in [0.4, 0.5) is 0 Å². The van der Waals surface area contributed by atoms with Crippen LogP contribution in [-0.4, -0.2) is 53.7 Å². The molecule has 0 aliphatic carbocycles. The molecule has 1 radical (unpaired) electrons. The summed E-state index contributed by atoms with van der Waals surface area (Å²) in [6, 6.07) is 19.3. The van der Waals surface area contributed by atoms with Gasteiger partial charge in [-0.2, -0.15) is 5.90 Å². The van der Waals surface area contributed by atoms with Crippen molar-refractivity contribution in [2.75, 3.05) is 33.0 Å². The normalized spacial score (nSPS) is 10.8. The SMILES string of the molecule is NOOSc1ccc(CNC(=O)CCOCCOCCN(Cc2ccccn2)Cc2ccccn2)cc1.[Re]. The van der Waals surface area contributed by atoms with Crippen LogP contribution in [0.1, 0.15) is 23.4 Å². The number of pyridine rings is 2. The summed E-state index contributed by atoms with van der Waals surface area (Å²) in [5.74, 6) is 4.74. The number of carbonyl (C=O) groups is 1. The summed E-state index contributed by atoms with van der Waals surface area (Å²) in [4.78, 5) is 28.0. The van der Waals surface area contributed by atoms with Gasteiger partial charge in [-0.1, -0.05) is 24.3 Å². The van der Waals surface area contributed by atoms with Gasteiger partial charge in [0.2, 0.25) is 5.91 Å². The van der Waals surface area contributed by atoms with Crippen LogP contribution in [0, 0.1) is 0 Å². The second-order valence-corrected chi connectivity index (χ2v) is 8.77. The third-order valence-corrected chi connectivity index (χ3v) is 5.81. The van der Waals surface area contributed by atoms with Gasteiger partial charge in [-0.3, -0.25) is 19.7 Å². The number of nitrogens with zero attached hydrogens (tertiary/aromatic N) is 3. The summed E-state index contributed by atoms with van der Waals surface area (Å²) in [5, 5.41) is 2.88. The van der Waals surface area contributed by atoms with E-state index in [1.165, 1.54) is 0 Å². The molecule has 0 unspecified atom stereocenters. The average Bonchev–Trinajstić information content (AvgIpc) is 2.93. The van der Waals surface area contributed by atoms with Gasteiger partial charge in [-0.15, -0.1) is 9.32 Å². The minimum Gasteiger partial charge on any atom is -0.379 e. The Morgan fingerprint density at radius 2 is 1.50 bits per heavy atom. The third-order valence-electron chi connectivity index (χ3n) is 5.20. The number of nitrogens with two attached hydrogens (primary N) is 1. The molecule has 0 atom stereocenters.